The fraction of sp³-hybridized carbons (Fsp3) is 0.308. The highest BCUT2D eigenvalue weighted by atomic mass is 32.2. The molecule has 5 rings (SSSR count). The van der Waals surface area contributed by atoms with E-state index < -0.39 is 0 Å². The van der Waals surface area contributed by atoms with Crippen molar-refractivity contribution in [1.29, 1.82) is 0 Å². The van der Waals surface area contributed by atoms with Crippen molar-refractivity contribution in [1.82, 2.24) is 9.47 Å². The quantitative estimate of drug-likeness (QED) is 0.450. The average Bonchev–Trinajstić information content (AvgIpc) is 3.24. The van der Waals surface area contributed by atoms with E-state index in [0.29, 0.717) is 0 Å². The van der Waals surface area contributed by atoms with E-state index in [1.807, 2.05) is 35.2 Å². The monoisotopic (exact) mass is 429 g/mol. The van der Waals surface area contributed by atoms with Crippen LogP contribution in [-0.2, 0) is 11.8 Å². The van der Waals surface area contributed by atoms with E-state index in [9.17, 15) is 4.79 Å². The zero-order valence-corrected chi connectivity index (χ0v) is 18.9. The molecule has 2 fully saturated rings. The first-order valence-corrected chi connectivity index (χ1v) is 11.9. The summed E-state index contributed by atoms with van der Waals surface area (Å²) in [5.74, 6) is 0.0962. The maximum absolute atomic E-state index is 13.6. The number of amides is 1. The Morgan fingerprint density at radius 1 is 1.00 bits per heavy atom. The molecule has 0 unspecified atom stereocenters. The summed E-state index contributed by atoms with van der Waals surface area (Å²) >= 11 is 1.51. The number of amidine groups is 1. The highest BCUT2D eigenvalue weighted by Gasteiger charge is 2.38. The number of carbonyl (C=O) groups excluding carboxylic acids is 1. The number of aromatic nitrogens is 1. The second-order valence-corrected chi connectivity index (χ2v) is 9.39. The minimum atomic E-state index is 0.0962. The molecule has 31 heavy (non-hydrogen) atoms. The van der Waals surface area contributed by atoms with Gasteiger partial charge in [0.05, 0.1) is 10.6 Å². The van der Waals surface area contributed by atoms with Gasteiger partial charge in [-0.3, -0.25) is 9.69 Å². The molecule has 158 valence electrons. The van der Waals surface area contributed by atoms with Gasteiger partial charge < -0.3 is 4.57 Å². The summed E-state index contributed by atoms with van der Waals surface area (Å²) in [7, 11) is 2.08. The molecule has 2 heterocycles. The van der Waals surface area contributed by atoms with Gasteiger partial charge in [0, 0.05) is 35.2 Å². The van der Waals surface area contributed by atoms with Gasteiger partial charge in [-0.1, -0.05) is 55.7 Å². The number of hydrogen-bond acceptors (Lipinski definition) is 3. The van der Waals surface area contributed by atoms with Crippen molar-refractivity contribution in [2.45, 2.75) is 45.1 Å². The molecule has 1 saturated carbocycles. The molecule has 0 radical (unpaired) electrons. The number of fused-ring (bicyclic) bond motifs is 1. The number of thioether (sulfide) groups is 1. The number of hydrogen-bond donors (Lipinski definition) is 0. The Morgan fingerprint density at radius 3 is 2.48 bits per heavy atom. The van der Waals surface area contributed by atoms with Crippen molar-refractivity contribution < 1.29 is 4.79 Å². The first kappa shape index (κ1) is 20.1. The summed E-state index contributed by atoms with van der Waals surface area (Å²) in [4.78, 5) is 21.2. The minimum absolute atomic E-state index is 0.0962. The number of carbonyl (C=O) groups is 1. The zero-order valence-electron chi connectivity index (χ0n) is 18.0. The van der Waals surface area contributed by atoms with Crippen LogP contribution in [0, 0.1) is 6.92 Å². The average molecular weight is 430 g/mol. The Hall–Kier alpha value is -2.79. The molecule has 3 aromatic rings. The molecule has 5 heteroatoms. The van der Waals surface area contributed by atoms with Crippen molar-refractivity contribution in [2.24, 2.45) is 12.0 Å². The Bertz CT molecular complexity index is 1190. The second-order valence-electron chi connectivity index (χ2n) is 8.38. The van der Waals surface area contributed by atoms with Gasteiger partial charge >= 0.3 is 0 Å². The van der Waals surface area contributed by atoms with Crippen LogP contribution in [0.5, 0.6) is 0 Å². The highest BCUT2D eigenvalue weighted by Crippen LogP contribution is 2.39. The summed E-state index contributed by atoms with van der Waals surface area (Å²) in [6.45, 7) is 2.12. The summed E-state index contributed by atoms with van der Waals surface area (Å²) in [5, 5.41) is 1.99. The fourth-order valence-corrected chi connectivity index (χ4v) is 5.74. The van der Waals surface area contributed by atoms with Gasteiger partial charge in [0.2, 0.25) is 0 Å². The molecule has 1 saturated heterocycles. The third-order valence-corrected chi connectivity index (χ3v) is 7.46. The van der Waals surface area contributed by atoms with Crippen LogP contribution in [0.15, 0.2) is 64.5 Å². The lowest BCUT2D eigenvalue weighted by molar-refractivity contribution is -0.124. The number of aryl methyl sites for hydroxylation is 1. The van der Waals surface area contributed by atoms with Crippen LogP contribution in [0.3, 0.4) is 0 Å². The van der Waals surface area contributed by atoms with E-state index in [2.05, 4.69) is 48.9 Å². The van der Waals surface area contributed by atoms with Crippen LogP contribution in [0.1, 0.15) is 43.4 Å². The summed E-state index contributed by atoms with van der Waals surface area (Å²) in [6.07, 6.45) is 7.81. The summed E-state index contributed by atoms with van der Waals surface area (Å²) in [6, 6.07) is 18.6. The molecule has 2 aromatic carbocycles. The van der Waals surface area contributed by atoms with Gasteiger partial charge in [-0.2, -0.15) is 0 Å². The van der Waals surface area contributed by atoms with E-state index in [4.69, 9.17) is 4.99 Å². The van der Waals surface area contributed by atoms with E-state index in [-0.39, 0.29) is 11.9 Å². The van der Waals surface area contributed by atoms with Gasteiger partial charge in [-0.25, -0.2) is 4.99 Å². The third kappa shape index (κ3) is 3.72. The minimum Gasteiger partial charge on any atom is -0.347 e. The van der Waals surface area contributed by atoms with Crippen molar-refractivity contribution in [3.63, 3.8) is 0 Å². The predicted molar refractivity (Wildman–Crippen MR) is 130 cm³/mol. The maximum Gasteiger partial charge on any atom is 0.267 e. The van der Waals surface area contributed by atoms with Crippen LogP contribution in [-0.4, -0.2) is 26.6 Å². The van der Waals surface area contributed by atoms with Crippen LogP contribution < -0.4 is 0 Å². The Kier molecular flexibility index (Phi) is 5.45. The number of nitrogens with zero attached hydrogens (tertiary/aromatic N) is 3. The van der Waals surface area contributed by atoms with Crippen LogP contribution >= 0.6 is 11.8 Å². The number of aliphatic imine (C=N–C) groups is 1. The van der Waals surface area contributed by atoms with Crippen molar-refractivity contribution in [3.8, 4) is 0 Å². The molecule has 1 aliphatic carbocycles. The molecule has 1 aliphatic heterocycles. The normalized spacial score (nSPS) is 20.5. The van der Waals surface area contributed by atoms with Gasteiger partial charge in [0.1, 0.15) is 0 Å². The third-order valence-electron chi connectivity index (χ3n) is 6.48. The number of benzene rings is 2. The van der Waals surface area contributed by atoms with Crippen LogP contribution in [0.4, 0.5) is 5.69 Å². The topological polar surface area (TPSA) is 37.6 Å². The van der Waals surface area contributed by atoms with Crippen molar-refractivity contribution >= 4 is 45.5 Å². The van der Waals surface area contributed by atoms with E-state index in [1.165, 1.54) is 47.6 Å². The molecule has 1 aromatic heterocycles. The maximum atomic E-state index is 13.6. The molecule has 1 amide bonds. The molecule has 0 atom stereocenters. The van der Waals surface area contributed by atoms with E-state index in [1.54, 1.807) is 0 Å². The molecule has 0 spiro atoms. The predicted octanol–water partition coefficient (Wildman–Crippen LogP) is 6.42. The van der Waals surface area contributed by atoms with Crippen LogP contribution in [0.2, 0.25) is 0 Å². The standard InChI is InChI=1S/C26H27N3OS/c1-18-22(21-15-9-10-16-23(21)28(18)2)17-24-25(30)29(20-13-7-4-8-14-20)26(31-24)27-19-11-5-3-6-12-19/h3,5-6,9-12,15-17,20H,4,7-8,13-14H2,1-2H3/b24-17-,27-26?. The molecule has 4 nitrogen and oxygen atoms in total. The number of rotatable bonds is 3. The molecule has 0 bridgehead atoms. The van der Waals surface area contributed by atoms with E-state index in [0.717, 1.165) is 34.2 Å². The molecule has 0 N–H and O–H groups in total. The highest BCUT2D eigenvalue weighted by molar-refractivity contribution is 8.18. The van der Waals surface area contributed by atoms with Crippen LogP contribution in [0.25, 0.3) is 17.0 Å². The van der Waals surface area contributed by atoms with Crippen molar-refractivity contribution in [2.75, 3.05) is 0 Å². The lowest BCUT2D eigenvalue weighted by Gasteiger charge is -2.30. The lowest BCUT2D eigenvalue weighted by atomic mass is 9.94. The Labute approximate surface area is 187 Å². The van der Waals surface area contributed by atoms with E-state index >= 15 is 0 Å². The smallest absolute Gasteiger partial charge is 0.267 e. The zero-order chi connectivity index (χ0) is 21.4. The number of para-hydroxylation sites is 2. The SMILES string of the molecule is Cc1c(/C=C2\SC(=Nc3ccccc3)N(C3CCCCC3)C2=O)c2ccccc2n1C. The molecular weight excluding hydrogens is 402 g/mol. The lowest BCUT2D eigenvalue weighted by Crippen LogP contribution is -2.40. The van der Waals surface area contributed by atoms with Gasteiger partial charge in [0.15, 0.2) is 5.17 Å². The molecular formula is C26H27N3OS. The van der Waals surface area contributed by atoms with Crippen molar-refractivity contribution in [3.05, 3.63) is 70.8 Å². The molecule has 2 aliphatic rings. The Morgan fingerprint density at radius 2 is 1.71 bits per heavy atom. The fourth-order valence-electron chi connectivity index (χ4n) is 4.70. The largest absolute Gasteiger partial charge is 0.347 e. The summed E-state index contributed by atoms with van der Waals surface area (Å²) in [5.41, 5.74) is 4.36. The summed E-state index contributed by atoms with van der Waals surface area (Å²) < 4.78 is 2.20. The van der Waals surface area contributed by atoms with Gasteiger partial charge in [0.25, 0.3) is 5.91 Å². The second kappa shape index (κ2) is 8.39. The first-order valence-electron chi connectivity index (χ1n) is 11.0. The first-order chi connectivity index (χ1) is 15.1. The van der Waals surface area contributed by atoms with Gasteiger partial charge in [-0.15, -0.1) is 0 Å². The van der Waals surface area contributed by atoms with Gasteiger partial charge in [-0.05, 0) is 55.8 Å². The Balaban J connectivity index is 1.58.